The minimum absolute atomic E-state index is 0.204. The molecule has 1 aromatic rings. The van der Waals surface area contributed by atoms with Crippen molar-refractivity contribution in [1.29, 1.82) is 0 Å². The molecule has 1 aliphatic heterocycles. The molecule has 1 saturated heterocycles. The van der Waals surface area contributed by atoms with Gasteiger partial charge >= 0.3 is 0 Å². The zero-order chi connectivity index (χ0) is 14.7. The molecular formula is C18H26BrNO. The monoisotopic (exact) mass is 351 g/mol. The van der Waals surface area contributed by atoms with Gasteiger partial charge in [-0.15, -0.1) is 0 Å². The van der Waals surface area contributed by atoms with Gasteiger partial charge in [0, 0.05) is 10.5 Å². The summed E-state index contributed by atoms with van der Waals surface area (Å²) in [6, 6.07) is 8.69. The third-order valence-electron chi connectivity index (χ3n) is 5.08. The Kier molecular flexibility index (Phi) is 5.03. The van der Waals surface area contributed by atoms with Gasteiger partial charge in [0.2, 0.25) is 0 Å². The minimum atomic E-state index is 0.204. The Morgan fingerprint density at radius 1 is 1.14 bits per heavy atom. The van der Waals surface area contributed by atoms with Crippen LogP contribution in [0.4, 0.5) is 0 Å². The van der Waals surface area contributed by atoms with Crippen LogP contribution < -0.4 is 5.73 Å². The predicted molar refractivity (Wildman–Crippen MR) is 90.4 cm³/mol. The summed E-state index contributed by atoms with van der Waals surface area (Å²) in [5.41, 5.74) is 7.89. The first-order valence-electron chi connectivity index (χ1n) is 8.33. The van der Waals surface area contributed by atoms with Crippen LogP contribution in [0.15, 0.2) is 28.7 Å². The van der Waals surface area contributed by atoms with Crippen molar-refractivity contribution in [3.63, 3.8) is 0 Å². The molecule has 1 heterocycles. The quantitative estimate of drug-likeness (QED) is 0.860. The molecule has 116 valence electrons. The largest absolute Gasteiger partial charge is 0.372 e. The van der Waals surface area contributed by atoms with E-state index >= 15 is 0 Å². The van der Waals surface area contributed by atoms with E-state index in [1.54, 1.807) is 0 Å². The summed E-state index contributed by atoms with van der Waals surface area (Å²) < 4.78 is 7.55. The van der Waals surface area contributed by atoms with Gasteiger partial charge < -0.3 is 10.5 Å². The minimum Gasteiger partial charge on any atom is -0.372 e. The maximum Gasteiger partial charge on any atom is 0.0687 e. The highest BCUT2D eigenvalue weighted by atomic mass is 79.9. The van der Waals surface area contributed by atoms with Crippen LogP contribution in [-0.4, -0.2) is 17.7 Å². The van der Waals surface area contributed by atoms with Crippen molar-refractivity contribution in [3.8, 4) is 0 Å². The van der Waals surface area contributed by atoms with Gasteiger partial charge in [-0.1, -0.05) is 47.3 Å². The van der Waals surface area contributed by atoms with Gasteiger partial charge in [-0.25, -0.2) is 0 Å². The second-order valence-electron chi connectivity index (χ2n) is 6.85. The summed E-state index contributed by atoms with van der Waals surface area (Å²) in [6.45, 7) is 0. The highest BCUT2D eigenvalue weighted by molar-refractivity contribution is 9.10. The van der Waals surface area contributed by atoms with E-state index in [0.717, 1.165) is 17.3 Å². The summed E-state index contributed by atoms with van der Waals surface area (Å²) in [4.78, 5) is 0. The molecule has 0 amide bonds. The summed E-state index contributed by atoms with van der Waals surface area (Å²) in [5, 5.41) is 0. The van der Waals surface area contributed by atoms with Gasteiger partial charge in [0.15, 0.2) is 0 Å². The first-order chi connectivity index (χ1) is 10.2. The SMILES string of the molecule is NC(Cc1ccc(Br)cc1)CC1CCC2(CCCCC2)O1. The van der Waals surface area contributed by atoms with Crippen LogP contribution in [0.2, 0.25) is 0 Å². The molecule has 1 aromatic carbocycles. The van der Waals surface area contributed by atoms with E-state index in [2.05, 4.69) is 40.2 Å². The van der Waals surface area contributed by atoms with Crippen molar-refractivity contribution in [2.45, 2.75) is 75.5 Å². The third-order valence-corrected chi connectivity index (χ3v) is 5.61. The molecule has 3 heteroatoms. The summed E-state index contributed by atoms with van der Waals surface area (Å²) >= 11 is 3.47. The topological polar surface area (TPSA) is 35.2 Å². The van der Waals surface area contributed by atoms with Gasteiger partial charge in [0.25, 0.3) is 0 Å². The summed E-state index contributed by atoms with van der Waals surface area (Å²) in [7, 11) is 0. The molecule has 2 unspecified atom stereocenters. The van der Waals surface area contributed by atoms with Gasteiger partial charge in [0.1, 0.15) is 0 Å². The Bertz CT molecular complexity index is 453. The Hall–Kier alpha value is -0.380. The Morgan fingerprint density at radius 2 is 1.86 bits per heavy atom. The molecule has 3 rings (SSSR count). The molecule has 2 fully saturated rings. The molecule has 0 aromatic heterocycles. The Balaban J connectivity index is 1.49. The molecule has 2 nitrogen and oxygen atoms in total. The van der Waals surface area contributed by atoms with Gasteiger partial charge in [-0.05, 0) is 56.2 Å². The van der Waals surface area contributed by atoms with Crippen molar-refractivity contribution in [2.75, 3.05) is 0 Å². The van der Waals surface area contributed by atoms with Crippen molar-refractivity contribution in [3.05, 3.63) is 34.3 Å². The predicted octanol–water partition coefficient (Wildman–Crippen LogP) is 4.59. The molecule has 2 N–H and O–H groups in total. The average molecular weight is 352 g/mol. The highest BCUT2D eigenvalue weighted by Gasteiger charge is 2.40. The fourth-order valence-electron chi connectivity index (χ4n) is 3.97. The fraction of sp³-hybridized carbons (Fsp3) is 0.667. The zero-order valence-electron chi connectivity index (χ0n) is 12.7. The molecule has 0 radical (unpaired) electrons. The van der Waals surface area contributed by atoms with Crippen LogP contribution in [-0.2, 0) is 11.2 Å². The van der Waals surface area contributed by atoms with E-state index in [0.29, 0.717) is 6.10 Å². The normalized spacial score (nSPS) is 26.1. The first-order valence-corrected chi connectivity index (χ1v) is 9.12. The smallest absolute Gasteiger partial charge is 0.0687 e. The van der Waals surface area contributed by atoms with Crippen LogP contribution in [0, 0.1) is 0 Å². The first kappa shape index (κ1) is 15.5. The van der Waals surface area contributed by atoms with E-state index in [1.807, 2.05) is 0 Å². The van der Waals surface area contributed by atoms with E-state index in [4.69, 9.17) is 10.5 Å². The lowest BCUT2D eigenvalue weighted by Crippen LogP contribution is -2.34. The van der Waals surface area contributed by atoms with Gasteiger partial charge in [-0.3, -0.25) is 0 Å². The van der Waals surface area contributed by atoms with Crippen LogP contribution >= 0.6 is 15.9 Å². The van der Waals surface area contributed by atoms with Crippen molar-refractivity contribution >= 4 is 15.9 Å². The number of hydrogen-bond donors (Lipinski definition) is 1. The van der Waals surface area contributed by atoms with E-state index in [1.165, 1.54) is 50.5 Å². The summed E-state index contributed by atoms with van der Waals surface area (Å²) in [6.07, 6.45) is 11.4. The number of ether oxygens (including phenoxy) is 1. The van der Waals surface area contributed by atoms with E-state index in [-0.39, 0.29) is 11.6 Å². The lowest BCUT2D eigenvalue weighted by Gasteiger charge is -2.33. The maximum atomic E-state index is 6.43. The molecule has 2 atom stereocenters. The van der Waals surface area contributed by atoms with Crippen LogP contribution in [0.1, 0.15) is 56.9 Å². The van der Waals surface area contributed by atoms with Crippen LogP contribution in [0.3, 0.4) is 0 Å². The third kappa shape index (κ3) is 4.08. The van der Waals surface area contributed by atoms with Crippen LogP contribution in [0.25, 0.3) is 0 Å². The number of halogens is 1. The van der Waals surface area contributed by atoms with E-state index in [9.17, 15) is 0 Å². The molecule has 0 bridgehead atoms. The van der Waals surface area contributed by atoms with E-state index < -0.39 is 0 Å². The molecule has 1 spiro atoms. The van der Waals surface area contributed by atoms with Crippen molar-refractivity contribution < 1.29 is 4.74 Å². The van der Waals surface area contributed by atoms with Crippen molar-refractivity contribution in [1.82, 2.24) is 0 Å². The highest BCUT2D eigenvalue weighted by Crippen LogP contribution is 2.42. The Morgan fingerprint density at radius 3 is 2.57 bits per heavy atom. The lowest BCUT2D eigenvalue weighted by molar-refractivity contribution is -0.0670. The van der Waals surface area contributed by atoms with Crippen molar-refractivity contribution in [2.24, 2.45) is 5.73 Å². The molecule has 2 aliphatic rings. The zero-order valence-corrected chi connectivity index (χ0v) is 14.3. The molecule has 1 saturated carbocycles. The molecule has 1 aliphatic carbocycles. The molecule has 21 heavy (non-hydrogen) atoms. The number of rotatable bonds is 4. The lowest BCUT2D eigenvalue weighted by atomic mass is 9.83. The fourth-order valence-corrected chi connectivity index (χ4v) is 4.23. The number of hydrogen-bond acceptors (Lipinski definition) is 2. The van der Waals surface area contributed by atoms with Gasteiger partial charge in [-0.2, -0.15) is 0 Å². The van der Waals surface area contributed by atoms with Gasteiger partial charge in [0.05, 0.1) is 11.7 Å². The van der Waals surface area contributed by atoms with Crippen LogP contribution in [0.5, 0.6) is 0 Å². The second kappa shape index (κ2) is 6.80. The summed E-state index contributed by atoms with van der Waals surface area (Å²) in [5.74, 6) is 0. The average Bonchev–Trinajstić information content (AvgIpc) is 2.84. The Labute approximate surface area is 136 Å². The number of nitrogens with two attached hydrogens (primary N) is 1. The number of benzene rings is 1. The molecular weight excluding hydrogens is 326 g/mol. The maximum absolute atomic E-state index is 6.43. The second-order valence-corrected chi connectivity index (χ2v) is 7.76. The standard InChI is InChI=1S/C18H26BrNO/c19-15-6-4-14(5-7-15)12-16(20)13-17-8-11-18(21-17)9-2-1-3-10-18/h4-7,16-17H,1-3,8-13,20H2.